The highest BCUT2D eigenvalue weighted by molar-refractivity contribution is 7.71. The van der Waals surface area contributed by atoms with Gasteiger partial charge in [0.05, 0.1) is 0 Å². The van der Waals surface area contributed by atoms with Gasteiger partial charge in [-0.15, -0.1) is 0 Å². The van der Waals surface area contributed by atoms with E-state index in [-0.39, 0.29) is 5.56 Å². The van der Waals surface area contributed by atoms with Gasteiger partial charge in [-0.2, -0.15) is 0 Å². The van der Waals surface area contributed by atoms with Gasteiger partial charge in [-0.25, -0.2) is 9.97 Å². The number of aromatic nitrogens is 4. The van der Waals surface area contributed by atoms with Crippen molar-refractivity contribution >= 4 is 23.3 Å². The molecule has 2 heterocycles. The molecular weight excluding hydrogens is 272 g/mol. The fourth-order valence-electron chi connectivity index (χ4n) is 1.93. The van der Waals surface area contributed by atoms with Gasteiger partial charge in [-0.3, -0.25) is 9.36 Å². The first kappa shape index (κ1) is 12.7. The van der Waals surface area contributed by atoms with E-state index in [1.807, 2.05) is 31.2 Å². The minimum atomic E-state index is -0.195. The van der Waals surface area contributed by atoms with Crippen LogP contribution in [-0.4, -0.2) is 19.5 Å². The van der Waals surface area contributed by atoms with Crippen molar-refractivity contribution < 1.29 is 0 Å². The molecule has 0 amide bonds. The number of nitrogens with zero attached hydrogens (tertiary/aromatic N) is 3. The molecule has 0 aliphatic heterocycles. The molecule has 0 spiro atoms. The van der Waals surface area contributed by atoms with Crippen LogP contribution in [0, 0.1) is 11.7 Å². The summed E-state index contributed by atoms with van der Waals surface area (Å²) >= 11 is 5.09. The van der Waals surface area contributed by atoms with E-state index in [0.717, 1.165) is 5.56 Å². The summed E-state index contributed by atoms with van der Waals surface area (Å²) in [6.07, 6.45) is 1.53. The van der Waals surface area contributed by atoms with Gasteiger partial charge >= 0.3 is 0 Å². The molecule has 0 atom stereocenters. The summed E-state index contributed by atoms with van der Waals surface area (Å²) in [5.74, 6) is 0.566. The molecule has 0 aliphatic rings. The SMILES string of the molecule is Cc1ccc(-c2ncc3c(=O)n(C)c(=S)[nH]c3n2)cc1. The van der Waals surface area contributed by atoms with Gasteiger partial charge in [0.15, 0.2) is 10.6 Å². The standard InChI is InChI=1S/C14H12N4OS/c1-8-3-5-9(6-4-8)11-15-7-10-12(16-11)17-14(20)18(2)13(10)19/h3-7H,1-2H3,(H,15,16,17,20). The predicted octanol–water partition coefficient (Wildman–Crippen LogP) is 2.36. The fourth-order valence-corrected chi connectivity index (χ4v) is 2.11. The van der Waals surface area contributed by atoms with E-state index >= 15 is 0 Å². The quantitative estimate of drug-likeness (QED) is 0.697. The maximum Gasteiger partial charge on any atom is 0.265 e. The van der Waals surface area contributed by atoms with E-state index in [0.29, 0.717) is 21.6 Å². The smallest absolute Gasteiger partial charge is 0.265 e. The van der Waals surface area contributed by atoms with Gasteiger partial charge in [0, 0.05) is 18.8 Å². The lowest BCUT2D eigenvalue weighted by Gasteiger charge is -2.04. The van der Waals surface area contributed by atoms with Crippen molar-refractivity contribution in [2.24, 2.45) is 7.05 Å². The van der Waals surface area contributed by atoms with Crippen molar-refractivity contribution in [1.29, 1.82) is 0 Å². The average Bonchev–Trinajstić information content (AvgIpc) is 2.45. The van der Waals surface area contributed by atoms with Crippen LogP contribution in [0.15, 0.2) is 35.3 Å². The monoisotopic (exact) mass is 284 g/mol. The predicted molar refractivity (Wildman–Crippen MR) is 80.1 cm³/mol. The van der Waals surface area contributed by atoms with Crippen LogP contribution in [0.4, 0.5) is 0 Å². The molecule has 0 aliphatic carbocycles. The molecule has 0 radical (unpaired) electrons. The van der Waals surface area contributed by atoms with Crippen LogP contribution in [0.2, 0.25) is 0 Å². The fraction of sp³-hybridized carbons (Fsp3) is 0.143. The number of hydrogen-bond donors (Lipinski definition) is 1. The number of hydrogen-bond acceptors (Lipinski definition) is 4. The highest BCUT2D eigenvalue weighted by Gasteiger charge is 2.07. The number of aromatic amines is 1. The van der Waals surface area contributed by atoms with Gasteiger partial charge in [0.25, 0.3) is 5.56 Å². The number of H-pyrrole nitrogens is 1. The summed E-state index contributed by atoms with van der Waals surface area (Å²) in [6, 6.07) is 7.89. The normalized spacial score (nSPS) is 10.9. The molecule has 0 unspecified atom stereocenters. The van der Waals surface area contributed by atoms with Crippen LogP contribution in [0.5, 0.6) is 0 Å². The second kappa shape index (κ2) is 4.64. The van der Waals surface area contributed by atoms with Crippen molar-refractivity contribution in [3.05, 3.63) is 51.2 Å². The van der Waals surface area contributed by atoms with E-state index in [1.54, 1.807) is 7.05 Å². The number of nitrogens with one attached hydrogen (secondary N) is 1. The molecule has 5 nitrogen and oxygen atoms in total. The van der Waals surface area contributed by atoms with E-state index in [2.05, 4.69) is 15.0 Å². The Morgan fingerprint density at radius 3 is 2.65 bits per heavy atom. The summed E-state index contributed by atoms with van der Waals surface area (Å²) < 4.78 is 1.71. The first-order valence-corrected chi connectivity index (χ1v) is 6.50. The lowest BCUT2D eigenvalue weighted by Crippen LogP contribution is -2.19. The maximum absolute atomic E-state index is 12.0. The third-order valence-corrected chi connectivity index (χ3v) is 3.54. The zero-order chi connectivity index (χ0) is 14.3. The van der Waals surface area contributed by atoms with E-state index in [4.69, 9.17) is 12.2 Å². The second-order valence-electron chi connectivity index (χ2n) is 4.62. The maximum atomic E-state index is 12.0. The Morgan fingerprint density at radius 1 is 1.25 bits per heavy atom. The number of benzene rings is 1. The summed E-state index contributed by atoms with van der Waals surface area (Å²) in [5, 5.41) is 0.428. The Kier molecular flexibility index (Phi) is 2.94. The van der Waals surface area contributed by atoms with E-state index in [1.165, 1.54) is 16.3 Å². The van der Waals surface area contributed by atoms with Gasteiger partial charge in [0.2, 0.25) is 0 Å². The Labute approximate surface area is 120 Å². The largest absolute Gasteiger partial charge is 0.316 e. The molecule has 0 saturated carbocycles. The summed E-state index contributed by atoms with van der Waals surface area (Å²) in [7, 11) is 1.62. The lowest BCUT2D eigenvalue weighted by molar-refractivity contribution is 0.819. The molecular formula is C14H12N4OS. The molecule has 1 aromatic carbocycles. The van der Waals surface area contributed by atoms with Gasteiger partial charge in [-0.1, -0.05) is 29.8 Å². The summed E-state index contributed by atoms with van der Waals surface area (Å²) in [6.45, 7) is 2.02. The molecule has 0 fully saturated rings. The zero-order valence-electron chi connectivity index (χ0n) is 11.0. The third-order valence-electron chi connectivity index (χ3n) is 3.16. The molecule has 0 bridgehead atoms. The van der Waals surface area contributed by atoms with Crippen molar-refractivity contribution in [3.63, 3.8) is 0 Å². The lowest BCUT2D eigenvalue weighted by atomic mass is 10.1. The minimum Gasteiger partial charge on any atom is -0.316 e. The summed E-state index contributed by atoms with van der Waals surface area (Å²) in [5.41, 5.74) is 2.34. The number of aryl methyl sites for hydroxylation is 1. The van der Waals surface area contributed by atoms with Gasteiger partial charge < -0.3 is 4.98 Å². The number of rotatable bonds is 1. The van der Waals surface area contributed by atoms with Crippen molar-refractivity contribution in [1.82, 2.24) is 19.5 Å². The molecule has 0 saturated heterocycles. The Morgan fingerprint density at radius 2 is 1.95 bits per heavy atom. The number of fused-ring (bicyclic) bond motifs is 1. The molecule has 100 valence electrons. The molecule has 3 aromatic rings. The van der Waals surface area contributed by atoms with Gasteiger partial charge in [-0.05, 0) is 19.1 Å². The van der Waals surface area contributed by atoms with Crippen molar-refractivity contribution in [2.75, 3.05) is 0 Å². The van der Waals surface area contributed by atoms with Crippen LogP contribution >= 0.6 is 12.2 Å². The third kappa shape index (κ3) is 2.04. The first-order valence-electron chi connectivity index (χ1n) is 6.09. The first-order chi connectivity index (χ1) is 9.56. The Balaban J connectivity index is 2.26. The highest BCUT2D eigenvalue weighted by atomic mass is 32.1. The molecule has 20 heavy (non-hydrogen) atoms. The highest BCUT2D eigenvalue weighted by Crippen LogP contribution is 2.16. The Bertz CT molecular complexity index is 909. The van der Waals surface area contributed by atoms with Crippen LogP contribution in [0.1, 0.15) is 5.56 Å². The average molecular weight is 284 g/mol. The van der Waals surface area contributed by atoms with Gasteiger partial charge in [0.1, 0.15) is 11.0 Å². The van der Waals surface area contributed by atoms with Crippen LogP contribution in [-0.2, 0) is 7.05 Å². The topological polar surface area (TPSA) is 63.6 Å². The second-order valence-corrected chi connectivity index (χ2v) is 5.00. The van der Waals surface area contributed by atoms with Crippen molar-refractivity contribution in [3.8, 4) is 11.4 Å². The minimum absolute atomic E-state index is 0.195. The summed E-state index contributed by atoms with van der Waals surface area (Å²) in [4.78, 5) is 23.6. The van der Waals surface area contributed by atoms with Crippen molar-refractivity contribution in [2.45, 2.75) is 6.92 Å². The molecule has 2 aromatic heterocycles. The van der Waals surface area contributed by atoms with E-state index in [9.17, 15) is 4.79 Å². The van der Waals surface area contributed by atoms with E-state index < -0.39 is 0 Å². The molecule has 1 N–H and O–H groups in total. The van der Waals surface area contributed by atoms with Crippen LogP contribution in [0.3, 0.4) is 0 Å². The zero-order valence-corrected chi connectivity index (χ0v) is 11.9. The molecule has 6 heteroatoms. The molecule has 3 rings (SSSR count). The Hall–Kier alpha value is -2.34. The van der Waals surface area contributed by atoms with Crippen LogP contribution in [0.25, 0.3) is 22.4 Å². The van der Waals surface area contributed by atoms with Crippen LogP contribution < -0.4 is 5.56 Å².